The monoisotopic (exact) mass is 254 g/mol. The number of halogens is 1. The second-order valence-corrected chi connectivity index (χ2v) is 5.83. The predicted molar refractivity (Wildman–Crippen MR) is 70.6 cm³/mol. The Kier molecular flexibility index (Phi) is 4.51. The number of hydrogen-bond donors (Lipinski definition) is 1. The number of benzene rings is 1. The minimum absolute atomic E-state index is 0.274. The van der Waals surface area contributed by atoms with E-state index in [1.54, 1.807) is 12.1 Å². The van der Waals surface area contributed by atoms with Gasteiger partial charge >= 0.3 is 0 Å². The lowest BCUT2D eigenvalue weighted by Crippen LogP contribution is -2.37. The molecule has 0 aliphatic carbocycles. The summed E-state index contributed by atoms with van der Waals surface area (Å²) in [5, 5.41) is 10.1. The van der Waals surface area contributed by atoms with Crippen molar-refractivity contribution < 1.29 is 14.2 Å². The van der Waals surface area contributed by atoms with Gasteiger partial charge in [-0.25, -0.2) is 4.39 Å². The molecule has 1 rings (SSSR count). The van der Waals surface area contributed by atoms with Gasteiger partial charge in [0.1, 0.15) is 5.82 Å². The van der Waals surface area contributed by atoms with Gasteiger partial charge in [0.05, 0.1) is 5.60 Å². The van der Waals surface area contributed by atoms with Gasteiger partial charge in [-0.1, -0.05) is 32.9 Å². The van der Waals surface area contributed by atoms with Crippen LogP contribution in [0.4, 0.5) is 4.39 Å². The molecular weight excluding hydrogens is 231 g/mol. The van der Waals surface area contributed by atoms with Crippen LogP contribution in [0.2, 0.25) is 0 Å². The van der Waals surface area contributed by atoms with Crippen molar-refractivity contribution in [2.75, 3.05) is 0 Å². The molecule has 1 aromatic carbocycles. The van der Waals surface area contributed by atoms with Crippen molar-refractivity contribution >= 4 is 0 Å². The highest BCUT2D eigenvalue weighted by Crippen LogP contribution is 2.33. The van der Waals surface area contributed by atoms with Crippen LogP contribution in [0, 0.1) is 11.2 Å². The highest BCUT2D eigenvalue weighted by Gasteiger charge is 2.33. The molecular formula is C15H23FO2. The summed E-state index contributed by atoms with van der Waals surface area (Å²) in [5.74, 6) is -0.274. The molecule has 1 N–H and O–H groups in total. The largest absolute Gasteiger partial charge is 0.367 e. The van der Waals surface area contributed by atoms with E-state index in [9.17, 15) is 9.50 Å². The average Bonchev–Trinajstić information content (AvgIpc) is 2.29. The third-order valence-electron chi connectivity index (χ3n) is 3.53. The Morgan fingerprint density at radius 2 is 1.67 bits per heavy atom. The van der Waals surface area contributed by atoms with Crippen LogP contribution in [0.25, 0.3) is 0 Å². The maximum absolute atomic E-state index is 12.9. The van der Waals surface area contributed by atoms with E-state index in [-0.39, 0.29) is 11.2 Å². The standard InChI is InChI=1S/C15H23FO2/c1-6-14(2,3)13(17)18-15(4,5)11-7-9-12(16)10-8-11/h7-10,13,17H,6H2,1-5H3. The molecule has 0 spiro atoms. The van der Waals surface area contributed by atoms with Crippen LogP contribution in [-0.4, -0.2) is 11.4 Å². The number of aliphatic hydroxyl groups is 1. The van der Waals surface area contributed by atoms with Crippen LogP contribution < -0.4 is 0 Å². The first-order valence-electron chi connectivity index (χ1n) is 6.31. The normalized spacial score (nSPS) is 14.6. The minimum Gasteiger partial charge on any atom is -0.367 e. The van der Waals surface area contributed by atoms with E-state index in [1.165, 1.54) is 12.1 Å². The van der Waals surface area contributed by atoms with Gasteiger partial charge in [-0.15, -0.1) is 0 Å². The fourth-order valence-corrected chi connectivity index (χ4v) is 1.53. The number of ether oxygens (including phenoxy) is 1. The zero-order chi connectivity index (χ0) is 14.0. The van der Waals surface area contributed by atoms with Crippen LogP contribution in [0.1, 0.15) is 46.6 Å². The molecule has 0 aliphatic rings. The minimum atomic E-state index is -0.859. The maximum atomic E-state index is 12.9. The van der Waals surface area contributed by atoms with Gasteiger partial charge in [0, 0.05) is 5.41 Å². The van der Waals surface area contributed by atoms with Gasteiger partial charge in [0.2, 0.25) is 0 Å². The summed E-state index contributed by atoms with van der Waals surface area (Å²) >= 11 is 0. The molecule has 3 heteroatoms. The zero-order valence-electron chi connectivity index (χ0n) is 11.8. The highest BCUT2D eigenvalue weighted by molar-refractivity contribution is 5.21. The molecule has 18 heavy (non-hydrogen) atoms. The van der Waals surface area contributed by atoms with Crippen LogP contribution in [-0.2, 0) is 10.3 Å². The van der Waals surface area contributed by atoms with Crippen molar-refractivity contribution in [3.05, 3.63) is 35.6 Å². The van der Waals surface area contributed by atoms with E-state index < -0.39 is 11.9 Å². The number of aliphatic hydroxyl groups excluding tert-OH is 1. The van der Waals surface area contributed by atoms with Crippen molar-refractivity contribution in [2.24, 2.45) is 5.41 Å². The van der Waals surface area contributed by atoms with Crippen LogP contribution in [0.3, 0.4) is 0 Å². The van der Waals surface area contributed by atoms with Crippen molar-refractivity contribution in [2.45, 2.75) is 52.9 Å². The SMILES string of the molecule is CCC(C)(C)C(O)OC(C)(C)c1ccc(F)cc1. The summed E-state index contributed by atoms with van der Waals surface area (Å²) in [5.41, 5.74) is -0.119. The summed E-state index contributed by atoms with van der Waals surface area (Å²) < 4.78 is 18.6. The molecule has 2 nitrogen and oxygen atoms in total. The molecule has 0 saturated carbocycles. The van der Waals surface area contributed by atoms with Gasteiger partial charge in [0.15, 0.2) is 6.29 Å². The Hall–Kier alpha value is -0.930. The van der Waals surface area contributed by atoms with Crippen molar-refractivity contribution in [3.63, 3.8) is 0 Å². The fraction of sp³-hybridized carbons (Fsp3) is 0.600. The second-order valence-electron chi connectivity index (χ2n) is 5.83. The molecule has 0 amide bonds. The van der Waals surface area contributed by atoms with E-state index in [2.05, 4.69) is 0 Å². The Morgan fingerprint density at radius 3 is 2.11 bits per heavy atom. The molecule has 0 saturated heterocycles. The van der Waals surface area contributed by atoms with E-state index in [1.807, 2.05) is 34.6 Å². The Balaban J connectivity index is 2.84. The Morgan fingerprint density at radius 1 is 1.17 bits per heavy atom. The van der Waals surface area contributed by atoms with Gasteiger partial charge in [-0.3, -0.25) is 0 Å². The predicted octanol–water partition coefficient (Wildman–Crippen LogP) is 3.83. The van der Waals surface area contributed by atoms with E-state index in [4.69, 9.17) is 4.74 Å². The number of rotatable bonds is 5. The topological polar surface area (TPSA) is 29.5 Å². The summed E-state index contributed by atoms with van der Waals surface area (Å²) in [4.78, 5) is 0. The third kappa shape index (κ3) is 3.53. The molecule has 1 atom stereocenters. The van der Waals surface area contributed by atoms with Gasteiger partial charge < -0.3 is 9.84 Å². The van der Waals surface area contributed by atoms with Gasteiger partial charge in [-0.2, -0.15) is 0 Å². The highest BCUT2D eigenvalue weighted by atomic mass is 19.1. The second kappa shape index (κ2) is 5.37. The summed E-state index contributed by atoms with van der Waals surface area (Å²) in [6.45, 7) is 9.67. The Bertz CT molecular complexity index is 382. The molecule has 1 unspecified atom stereocenters. The lowest BCUT2D eigenvalue weighted by molar-refractivity contribution is -0.225. The van der Waals surface area contributed by atoms with Crippen LogP contribution in [0.15, 0.2) is 24.3 Å². The van der Waals surface area contributed by atoms with Crippen LogP contribution in [0.5, 0.6) is 0 Å². The lowest BCUT2D eigenvalue weighted by atomic mass is 9.88. The molecule has 0 aliphatic heterocycles. The molecule has 0 heterocycles. The van der Waals surface area contributed by atoms with Crippen molar-refractivity contribution in [1.29, 1.82) is 0 Å². The molecule has 1 aromatic rings. The van der Waals surface area contributed by atoms with E-state index in [0.717, 1.165) is 12.0 Å². The maximum Gasteiger partial charge on any atom is 0.160 e. The molecule has 0 aromatic heterocycles. The quantitative estimate of drug-likeness (QED) is 0.809. The summed E-state index contributed by atoms with van der Waals surface area (Å²) in [7, 11) is 0. The fourth-order valence-electron chi connectivity index (χ4n) is 1.53. The average molecular weight is 254 g/mol. The zero-order valence-corrected chi connectivity index (χ0v) is 11.8. The first-order valence-corrected chi connectivity index (χ1v) is 6.31. The van der Waals surface area contributed by atoms with Crippen molar-refractivity contribution in [1.82, 2.24) is 0 Å². The third-order valence-corrected chi connectivity index (χ3v) is 3.53. The summed E-state index contributed by atoms with van der Waals surface area (Å²) in [6, 6.07) is 6.16. The first kappa shape index (κ1) is 15.1. The van der Waals surface area contributed by atoms with E-state index >= 15 is 0 Å². The van der Waals surface area contributed by atoms with E-state index in [0.29, 0.717) is 0 Å². The number of hydrogen-bond acceptors (Lipinski definition) is 2. The van der Waals surface area contributed by atoms with Gasteiger partial charge in [-0.05, 0) is 38.0 Å². The molecule has 0 radical (unpaired) electrons. The van der Waals surface area contributed by atoms with Crippen molar-refractivity contribution in [3.8, 4) is 0 Å². The lowest BCUT2D eigenvalue weighted by Gasteiger charge is -2.36. The Labute approximate surface area is 109 Å². The molecule has 0 bridgehead atoms. The molecule has 0 fully saturated rings. The first-order chi connectivity index (χ1) is 8.19. The summed E-state index contributed by atoms with van der Waals surface area (Å²) in [6.07, 6.45) is -0.0456. The molecule has 102 valence electrons. The van der Waals surface area contributed by atoms with Gasteiger partial charge in [0.25, 0.3) is 0 Å². The van der Waals surface area contributed by atoms with Crippen LogP contribution >= 0.6 is 0 Å². The smallest absolute Gasteiger partial charge is 0.160 e.